The molecule has 2 heterocycles. The van der Waals surface area contributed by atoms with Crippen molar-refractivity contribution in [3.8, 4) is 16.8 Å². The molecule has 0 unspecified atom stereocenters. The molecule has 2 aromatic heterocycles. The molecule has 0 amide bonds. The Morgan fingerprint density at radius 2 is 1.39 bits per heavy atom. The Labute approximate surface area is 191 Å². The third kappa shape index (κ3) is 2.68. The van der Waals surface area contributed by atoms with Crippen LogP contribution in [0.2, 0.25) is 0 Å². The van der Waals surface area contributed by atoms with Gasteiger partial charge < -0.3 is 8.98 Å². The summed E-state index contributed by atoms with van der Waals surface area (Å²) in [4.78, 5) is 0. The van der Waals surface area contributed by atoms with Crippen molar-refractivity contribution >= 4 is 43.7 Å². The summed E-state index contributed by atoms with van der Waals surface area (Å²) < 4.78 is 8.84. The molecule has 0 radical (unpaired) electrons. The van der Waals surface area contributed by atoms with E-state index >= 15 is 0 Å². The second kappa shape index (κ2) is 6.85. The standard InChI is InChI=1S/C31H21NO/c1-20-8-7-11-23(18-20)32-28-17-14-22(21-9-3-2-4-10-21)19-27(28)25-15-16-26-24-12-5-6-13-29(24)33-31(26)30(25)32/h2-19H,1H3. The van der Waals surface area contributed by atoms with Crippen LogP contribution in [0.1, 0.15) is 5.56 Å². The minimum atomic E-state index is 0.922. The van der Waals surface area contributed by atoms with Crippen molar-refractivity contribution in [2.24, 2.45) is 0 Å². The van der Waals surface area contributed by atoms with Gasteiger partial charge in [0.25, 0.3) is 0 Å². The van der Waals surface area contributed by atoms with Crippen molar-refractivity contribution in [2.75, 3.05) is 0 Å². The maximum Gasteiger partial charge on any atom is 0.160 e. The molecule has 0 atom stereocenters. The average molecular weight is 424 g/mol. The Kier molecular flexibility index (Phi) is 3.80. The minimum Gasteiger partial charge on any atom is -0.454 e. The molecule has 2 heteroatoms. The summed E-state index contributed by atoms with van der Waals surface area (Å²) in [6.45, 7) is 2.14. The molecule has 0 aliphatic heterocycles. The van der Waals surface area contributed by atoms with Gasteiger partial charge in [0.2, 0.25) is 0 Å². The van der Waals surface area contributed by atoms with Crippen LogP contribution in [0, 0.1) is 6.92 Å². The van der Waals surface area contributed by atoms with Gasteiger partial charge >= 0.3 is 0 Å². The lowest BCUT2D eigenvalue weighted by Gasteiger charge is -2.09. The van der Waals surface area contributed by atoms with Gasteiger partial charge in [-0.1, -0.05) is 72.8 Å². The quantitative estimate of drug-likeness (QED) is 0.272. The van der Waals surface area contributed by atoms with Gasteiger partial charge in [-0.2, -0.15) is 0 Å². The molecule has 156 valence electrons. The monoisotopic (exact) mass is 423 g/mol. The largest absolute Gasteiger partial charge is 0.454 e. The van der Waals surface area contributed by atoms with E-state index in [0.29, 0.717) is 0 Å². The van der Waals surface area contributed by atoms with Crippen LogP contribution < -0.4 is 0 Å². The maximum absolute atomic E-state index is 6.48. The number of furan rings is 1. The van der Waals surface area contributed by atoms with Crippen LogP contribution in [0.5, 0.6) is 0 Å². The van der Waals surface area contributed by atoms with Gasteiger partial charge in [0.1, 0.15) is 5.58 Å². The number of hydrogen-bond donors (Lipinski definition) is 0. The molecule has 2 nitrogen and oxygen atoms in total. The van der Waals surface area contributed by atoms with E-state index in [0.717, 1.165) is 33.1 Å². The van der Waals surface area contributed by atoms with E-state index in [4.69, 9.17) is 4.42 Å². The predicted molar refractivity (Wildman–Crippen MR) is 138 cm³/mol. The van der Waals surface area contributed by atoms with Crippen LogP contribution >= 0.6 is 0 Å². The second-order valence-electron chi connectivity index (χ2n) is 8.71. The fourth-order valence-electron chi connectivity index (χ4n) is 5.13. The van der Waals surface area contributed by atoms with Gasteiger partial charge in [0.15, 0.2) is 5.58 Å². The van der Waals surface area contributed by atoms with Gasteiger partial charge in [-0.05, 0) is 60.0 Å². The number of benzene rings is 5. The van der Waals surface area contributed by atoms with Crippen LogP contribution in [0.25, 0.3) is 60.6 Å². The van der Waals surface area contributed by atoms with E-state index in [1.54, 1.807) is 0 Å². The molecule has 7 rings (SSSR count). The van der Waals surface area contributed by atoms with Crippen molar-refractivity contribution in [1.82, 2.24) is 4.57 Å². The predicted octanol–water partition coefficient (Wildman–Crippen LogP) is 8.66. The van der Waals surface area contributed by atoms with E-state index in [1.807, 2.05) is 12.1 Å². The fraction of sp³-hybridized carbons (Fsp3) is 0.0323. The van der Waals surface area contributed by atoms with E-state index in [-0.39, 0.29) is 0 Å². The van der Waals surface area contributed by atoms with Crippen LogP contribution in [0.3, 0.4) is 0 Å². The third-order valence-electron chi connectivity index (χ3n) is 6.64. The lowest BCUT2D eigenvalue weighted by atomic mass is 10.0. The molecule has 0 fully saturated rings. The van der Waals surface area contributed by atoms with Gasteiger partial charge in [-0.3, -0.25) is 0 Å². The zero-order chi connectivity index (χ0) is 21.9. The maximum atomic E-state index is 6.48. The number of nitrogens with zero attached hydrogens (tertiary/aromatic N) is 1. The van der Waals surface area contributed by atoms with Crippen molar-refractivity contribution in [3.05, 3.63) is 115 Å². The molecular weight excluding hydrogens is 402 g/mol. The minimum absolute atomic E-state index is 0.922. The molecular formula is C31H21NO. The average Bonchev–Trinajstić information content (AvgIpc) is 3.40. The van der Waals surface area contributed by atoms with E-state index in [1.165, 1.54) is 33.0 Å². The van der Waals surface area contributed by atoms with Gasteiger partial charge in [0, 0.05) is 27.2 Å². The molecule has 33 heavy (non-hydrogen) atoms. The van der Waals surface area contributed by atoms with Crippen molar-refractivity contribution < 1.29 is 4.42 Å². The first kappa shape index (κ1) is 18.3. The number of rotatable bonds is 2. The van der Waals surface area contributed by atoms with E-state index < -0.39 is 0 Å². The topological polar surface area (TPSA) is 18.1 Å². The highest BCUT2D eigenvalue weighted by Gasteiger charge is 2.19. The van der Waals surface area contributed by atoms with Gasteiger partial charge in [-0.15, -0.1) is 0 Å². The number of fused-ring (bicyclic) bond motifs is 7. The van der Waals surface area contributed by atoms with Crippen LogP contribution in [0.4, 0.5) is 0 Å². The summed E-state index contributed by atoms with van der Waals surface area (Å²) >= 11 is 0. The smallest absolute Gasteiger partial charge is 0.160 e. The summed E-state index contributed by atoms with van der Waals surface area (Å²) in [6, 6.07) is 38.8. The first-order valence-corrected chi connectivity index (χ1v) is 11.3. The molecule has 0 N–H and O–H groups in total. The van der Waals surface area contributed by atoms with Crippen molar-refractivity contribution in [1.29, 1.82) is 0 Å². The SMILES string of the molecule is Cc1cccc(-n2c3ccc(-c4ccccc4)cc3c3ccc4c5ccccc5oc4c32)c1. The molecule has 7 aromatic rings. The summed E-state index contributed by atoms with van der Waals surface area (Å²) in [5.74, 6) is 0. The lowest BCUT2D eigenvalue weighted by Crippen LogP contribution is -1.94. The Morgan fingerprint density at radius 1 is 0.576 bits per heavy atom. The highest BCUT2D eigenvalue weighted by atomic mass is 16.3. The van der Waals surface area contributed by atoms with Gasteiger partial charge in [-0.25, -0.2) is 0 Å². The first-order chi connectivity index (χ1) is 16.3. The van der Waals surface area contributed by atoms with Gasteiger partial charge in [0.05, 0.1) is 11.0 Å². The molecule has 0 saturated heterocycles. The Balaban J connectivity index is 1.67. The summed E-state index contributed by atoms with van der Waals surface area (Å²) in [6.07, 6.45) is 0. The second-order valence-corrected chi connectivity index (χ2v) is 8.71. The van der Waals surface area contributed by atoms with Crippen molar-refractivity contribution in [2.45, 2.75) is 6.92 Å². The molecule has 0 spiro atoms. The number of para-hydroxylation sites is 1. The number of hydrogen-bond acceptors (Lipinski definition) is 1. The lowest BCUT2D eigenvalue weighted by molar-refractivity contribution is 0.671. The normalized spacial score (nSPS) is 11.8. The highest BCUT2D eigenvalue weighted by Crippen LogP contribution is 2.41. The fourth-order valence-corrected chi connectivity index (χ4v) is 5.13. The highest BCUT2D eigenvalue weighted by molar-refractivity contribution is 6.21. The van der Waals surface area contributed by atoms with Crippen LogP contribution in [-0.4, -0.2) is 4.57 Å². The summed E-state index contributed by atoms with van der Waals surface area (Å²) in [5, 5.41) is 4.74. The van der Waals surface area contributed by atoms with E-state index in [2.05, 4.69) is 109 Å². The number of aryl methyl sites for hydroxylation is 1. The van der Waals surface area contributed by atoms with Crippen LogP contribution in [-0.2, 0) is 0 Å². The number of aromatic nitrogens is 1. The van der Waals surface area contributed by atoms with Crippen molar-refractivity contribution in [3.63, 3.8) is 0 Å². The Hall–Kier alpha value is -4.30. The molecule has 0 aliphatic rings. The van der Waals surface area contributed by atoms with E-state index in [9.17, 15) is 0 Å². The zero-order valence-electron chi connectivity index (χ0n) is 18.2. The Bertz CT molecular complexity index is 1820. The summed E-state index contributed by atoms with van der Waals surface area (Å²) in [7, 11) is 0. The Morgan fingerprint density at radius 3 is 2.27 bits per heavy atom. The first-order valence-electron chi connectivity index (χ1n) is 11.3. The zero-order valence-corrected chi connectivity index (χ0v) is 18.2. The summed E-state index contributed by atoms with van der Waals surface area (Å²) in [5.41, 5.74) is 8.99. The molecule has 0 bridgehead atoms. The molecule has 0 aliphatic carbocycles. The molecule has 0 saturated carbocycles. The molecule has 5 aromatic carbocycles. The van der Waals surface area contributed by atoms with Crippen LogP contribution in [0.15, 0.2) is 114 Å². The third-order valence-corrected chi connectivity index (χ3v) is 6.64.